The first-order valence-electron chi connectivity index (χ1n) is 12.3. The summed E-state index contributed by atoms with van der Waals surface area (Å²) in [6.45, 7) is 10.2. The molecule has 1 fully saturated rings. The van der Waals surface area contributed by atoms with E-state index < -0.39 is 9.84 Å². The summed E-state index contributed by atoms with van der Waals surface area (Å²) >= 11 is 0. The number of hydrogen-bond donors (Lipinski definition) is 1. The highest BCUT2D eigenvalue weighted by atomic mass is 32.2. The predicted octanol–water partition coefficient (Wildman–Crippen LogP) is 5.22. The molecule has 0 bridgehead atoms. The van der Waals surface area contributed by atoms with Crippen LogP contribution in [0, 0.1) is 20.8 Å². The number of benzene rings is 2. The number of hydrogen-bond acceptors (Lipinski definition) is 4. The summed E-state index contributed by atoms with van der Waals surface area (Å²) in [6.07, 6.45) is 6.86. The molecule has 0 atom stereocenters. The Bertz CT molecular complexity index is 1320. The van der Waals surface area contributed by atoms with Gasteiger partial charge in [0.1, 0.15) is 0 Å². The lowest BCUT2D eigenvalue weighted by atomic mass is 9.96. The van der Waals surface area contributed by atoms with Crippen molar-refractivity contribution in [1.82, 2.24) is 9.47 Å². The number of sulfone groups is 1. The van der Waals surface area contributed by atoms with Gasteiger partial charge in [-0.1, -0.05) is 36.8 Å². The second-order valence-corrected chi connectivity index (χ2v) is 11.6. The van der Waals surface area contributed by atoms with E-state index in [1.54, 1.807) is 18.2 Å². The van der Waals surface area contributed by atoms with Crippen LogP contribution in [0.1, 0.15) is 46.3 Å². The Morgan fingerprint density at radius 1 is 0.914 bits per heavy atom. The van der Waals surface area contributed by atoms with Gasteiger partial charge in [-0.05, 0) is 75.5 Å². The maximum absolute atomic E-state index is 13.5. The average Bonchev–Trinajstić information content (AvgIpc) is 3.14. The average molecular weight is 494 g/mol. The Balaban J connectivity index is 1.73. The van der Waals surface area contributed by atoms with Crippen LogP contribution in [-0.2, 0) is 16.4 Å². The fraction of sp³-hybridized carbons (Fsp3) is 0.393. The van der Waals surface area contributed by atoms with Gasteiger partial charge in [-0.15, -0.1) is 0 Å². The van der Waals surface area contributed by atoms with Gasteiger partial charge >= 0.3 is 0 Å². The zero-order valence-electron chi connectivity index (χ0n) is 21.1. The number of aryl methyl sites for hydroxylation is 2. The fourth-order valence-electron chi connectivity index (χ4n) is 5.10. The number of aromatic nitrogens is 1. The van der Waals surface area contributed by atoms with Crippen molar-refractivity contribution < 1.29 is 13.2 Å². The van der Waals surface area contributed by atoms with E-state index in [1.165, 1.54) is 36.5 Å². The molecule has 0 radical (unpaired) electrons. The second kappa shape index (κ2) is 10.4. The lowest BCUT2D eigenvalue weighted by Gasteiger charge is -2.27. The number of likely N-dealkylation sites (tertiary alicyclic amines) is 1. The molecule has 0 unspecified atom stereocenters. The van der Waals surface area contributed by atoms with Crippen molar-refractivity contribution in [2.45, 2.75) is 51.5 Å². The number of nitrogens with zero attached hydrogens (tertiary/aromatic N) is 2. The summed E-state index contributed by atoms with van der Waals surface area (Å²) in [5.41, 5.74) is 6.30. The molecule has 2 aromatic carbocycles. The summed E-state index contributed by atoms with van der Waals surface area (Å²) in [5, 5.41) is 2.86. The molecular formula is C28H35N3O3S. The van der Waals surface area contributed by atoms with Gasteiger partial charge in [0, 0.05) is 31.1 Å². The fourth-order valence-corrected chi connectivity index (χ4v) is 5.94. The van der Waals surface area contributed by atoms with E-state index in [0.717, 1.165) is 49.3 Å². The molecule has 1 aliphatic rings. The van der Waals surface area contributed by atoms with E-state index in [-0.39, 0.29) is 10.8 Å². The molecule has 1 aromatic heterocycles. The van der Waals surface area contributed by atoms with Crippen molar-refractivity contribution in [2.24, 2.45) is 0 Å². The molecule has 1 saturated heterocycles. The van der Waals surface area contributed by atoms with Gasteiger partial charge in [0.2, 0.25) is 0 Å². The van der Waals surface area contributed by atoms with Crippen LogP contribution in [0.2, 0.25) is 0 Å². The standard InChI is InChI=1S/C28H35N3O3S/c1-20-11-10-12-21(2)26(20)27-22(3)23(19-31(27)18-17-30-15-8-5-9-16-30)28(32)29-24-13-6-7-14-25(24)35(4,33)34/h6-7,10-14,19H,5,8-9,15-18H2,1-4H3,(H,29,32). The highest BCUT2D eigenvalue weighted by Gasteiger charge is 2.23. The minimum absolute atomic E-state index is 0.116. The van der Waals surface area contributed by atoms with E-state index in [1.807, 2.05) is 13.1 Å². The Hall–Kier alpha value is -2.90. The van der Waals surface area contributed by atoms with Crippen LogP contribution >= 0.6 is 0 Å². The van der Waals surface area contributed by atoms with Gasteiger partial charge in [0.25, 0.3) is 5.91 Å². The molecule has 6 nitrogen and oxygen atoms in total. The van der Waals surface area contributed by atoms with Crippen molar-refractivity contribution in [3.05, 3.63) is 70.9 Å². The smallest absolute Gasteiger partial charge is 0.257 e. The summed E-state index contributed by atoms with van der Waals surface area (Å²) in [4.78, 5) is 16.1. The summed E-state index contributed by atoms with van der Waals surface area (Å²) < 4.78 is 26.7. The van der Waals surface area contributed by atoms with E-state index in [4.69, 9.17) is 0 Å². The number of amides is 1. The molecule has 4 rings (SSSR count). The largest absolute Gasteiger partial charge is 0.345 e. The van der Waals surface area contributed by atoms with Crippen molar-refractivity contribution in [3.8, 4) is 11.3 Å². The van der Waals surface area contributed by atoms with Gasteiger partial charge < -0.3 is 14.8 Å². The maximum Gasteiger partial charge on any atom is 0.257 e. The lowest BCUT2D eigenvalue weighted by Crippen LogP contribution is -2.32. The van der Waals surface area contributed by atoms with Crippen LogP contribution < -0.4 is 5.32 Å². The Labute approximate surface area is 208 Å². The zero-order valence-corrected chi connectivity index (χ0v) is 21.9. The third kappa shape index (κ3) is 5.52. The number of piperidine rings is 1. The maximum atomic E-state index is 13.5. The van der Waals surface area contributed by atoms with E-state index in [9.17, 15) is 13.2 Å². The van der Waals surface area contributed by atoms with Crippen molar-refractivity contribution in [3.63, 3.8) is 0 Å². The second-order valence-electron chi connectivity index (χ2n) is 9.60. The molecule has 35 heavy (non-hydrogen) atoms. The summed E-state index contributed by atoms with van der Waals surface area (Å²) in [5.74, 6) is -0.303. The van der Waals surface area contributed by atoms with Crippen molar-refractivity contribution in [2.75, 3.05) is 31.2 Å². The van der Waals surface area contributed by atoms with E-state index in [0.29, 0.717) is 11.3 Å². The van der Waals surface area contributed by atoms with Crippen LogP contribution in [-0.4, -0.2) is 49.7 Å². The Morgan fingerprint density at radius 3 is 2.23 bits per heavy atom. The summed E-state index contributed by atoms with van der Waals surface area (Å²) in [6, 6.07) is 12.8. The zero-order chi connectivity index (χ0) is 25.2. The number of para-hydroxylation sites is 1. The molecule has 0 aliphatic carbocycles. The third-order valence-electron chi connectivity index (χ3n) is 6.93. The lowest BCUT2D eigenvalue weighted by molar-refractivity contribution is 0.102. The van der Waals surface area contributed by atoms with Gasteiger partial charge in [-0.3, -0.25) is 4.79 Å². The van der Waals surface area contributed by atoms with Gasteiger partial charge in [0.15, 0.2) is 9.84 Å². The SMILES string of the molecule is Cc1cccc(C)c1-c1c(C)c(C(=O)Nc2ccccc2S(C)(=O)=O)cn1CCN1CCCCC1. The van der Waals surface area contributed by atoms with Crippen LogP contribution in [0.25, 0.3) is 11.3 Å². The van der Waals surface area contributed by atoms with Crippen LogP contribution in [0.4, 0.5) is 5.69 Å². The first-order valence-corrected chi connectivity index (χ1v) is 14.1. The monoisotopic (exact) mass is 493 g/mol. The first kappa shape index (κ1) is 25.2. The third-order valence-corrected chi connectivity index (χ3v) is 8.09. The Kier molecular flexibility index (Phi) is 7.47. The Morgan fingerprint density at radius 2 is 1.57 bits per heavy atom. The summed E-state index contributed by atoms with van der Waals surface area (Å²) in [7, 11) is -3.48. The normalized spacial score (nSPS) is 14.7. The number of carbonyl (C=O) groups is 1. The van der Waals surface area contributed by atoms with Crippen molar-refractivity contribution in [1.29, 1.82) is 0 Å². The predicted molar refractivity (Wildman–Crippen MR) is 142 cm³/mol. The molecule has 0 spiro atoms. The number of nitrogens with one attached hydrogen (secondary N) is 1. The first-order chi connectivity index (χ1) is 16.7. The van der Waals surface area contributed by atoms with Crippen molar-refractivity contribution >= 4 is 21.4 Å². The molecule has 1 amide bonds. The molecule has 7 heteroatoms. The highest BCUT2D eigenvalue weighted by Crippen LogP contribution is 2.34. The van der Waals surface area contributed by atoms with E-state index in [2.05, 4.69) is 46.8 Å². The van der Waals surface area contributed by atoms with Gasteiger partial charge in [0.05, 0.1) is 21.8 Å². The number of anilines is 1. The van der Waals surface area contributed by atoms with Crippen LogP contribution in [0.3, 0.4) is 0 Å². The minimum Gasteiger partial charge on any atom is -0.345 e. The van der Waals surface area contributed by atoms with Crippen LogP contribution in [0.5, 0.6) is 0 Å². The molecular weight excluding hydrogens is 458 g/mol. The minimum atomic E-state index is -3.48. The van der Waals surface area contributed by atoms with E-state index >= 15 is 0 Å². The topological polar surface area (TPSA) is 71.4 Å². The molecule has 1 aliphatic heterocycles. The molecule has 3 aromatic rings. The molecule has 1 N–H and O–H groups in total. The van der Waals surface area contributed by atoms with Gasteiger partial charge in [-0.2, -0.15) is 0 Å². The van der Waals surface area contributed by atoms with Gasteiger partial charge in [-0.25, -0.2) is 8.42 Å². The molecule has 2 heterocycles. The quantitative estimate of drug-likeness (QED) is 0.490. The molecule has 186 valence electrons. The number of carbonyl (C=O) groups excluding carboxylic acids is 1. The number of rotatable bonds is 7. The van der Waals surface area contributed by atoms with Crippen LogP contribution in [0.15, 0.2) is 53.6 Å². The highest BCUT2D eigenvalue weighted by molar-refractivity contribution is 7.90. The molecule has 0 saturated carbocycles.